The highest BCUT2D eigenvalue weighted by molar-refractivity contribution is 5.82. The summed E-state index contributed by atoms with van der Waals surface area (Å²) in [6.07, 6.45) is 4.96. The number of nitrogens with zero attached hydrogens (tertiary/aromatic N) is 2. The maximum absolute atomic E-state index is 11.0. The molecule has 0 aliphatic rings. The number of aromatic nitrogens is 1. The van der Waals surface area contributed by atoms with E-state index in [-0.39, 0.29) is 0 Å². The third-order valence-electron chi connectivity index (χ3n) is 3.26. The zero-order valence-corrected chi connectivity index (χ0v) is 11.0. The Morgan fingerprint density at radius 1 is 1.35 bits per heavy atom. The Balaban J connectivity index is 2.89. The molecule has 1 aromatic rings. The summed E-state index contributed by atoms with van der Waals surface area (Å²) < 4.78 is 0. The van der Waals surface area contributed by atoms with Crippen LogP contribution >= 0.6 is 0 Å². The van der Waals surface area contributed by atoms with Crippen LogP contribution in [0.25, 0.3) is 0 Å². The molecule has 1 aromatic heterocycles. The fraction of sp³-hybridized carbons (Fsp3) is 0.571. The molecule has 0 bridgehead atoms. The van der Waals surface area contributed by atoms with Gasteiger partial charge in [0.05, 0.1) is 5.56 Å². The molecule has 0 amide bonds. The largest absolute Gasteiger partial charge is 0.356 e. The molecule has 0 aliphatic carbocycles. The van der Waals surface area contributed by atoms with E-state index in [1.54, 1.807) is 12.3 Å². The highest BCUT2D eigenvalue weighted by Gasteiger charge is 2.14. The van der Waals surface area contributed by atoms with Crippen molar-refractivity contribution in [1.29, 1.82) is 0 Å². The molecule has 0 saturated heterocycles. The quantitative estimate of drug-likeness (QED) is 0.679. The number of rotatable bonds is 7. The van der Waals surface area contributed by atoms with Crippen molar-refractivity contribution in [2.24, 2.45) is 5.92 Å². The SMILES string of the molecule is CCC(CC)CN(CC)c1ncccc1C=O. The number of pyridine rings is 1. The summed E-state index contributed by atoms with van der Waals surface area (Å²) in [5.41, 5.74) is 0.681. The Bertz CT molecular complexity index is 348. The minimum atomic E-state index is 0.663. The van der Waals surface area contributed by atoms with E-state index in [4.69, 9.17) is 0 Å². The molecular weight excluding hydrogens is 212 g/mol. The molecule has 0 atom stereocenters. The highest BCUT2D eigenvalue weighted by atomic mass is 16.1. The third kappa shape index (κ3) is 3.55. The fourth-order valence-corrected chi connectivity index (χ4v) is 1.99. The lowest BCUT2D eigenvalue weighted by molar-refractivity contribution is 0.112. The van der Waals surface area contributed by atoms with Crippen molar-refractivity contribution in [2.75, 3.05) is 18.0 Å². The van der Waals surface area contributed by atoms with Gasteiger partial charge < -0.3 is 4.90 Å². The average molecular weight is 234 g/mol. The van der Waals surface area contributed by atoms with Gasteiger partial charge in [0.1, 0.15) is 5.82 Å². The van der Waals surface area contributed by atoms with E-state index in [2.05, 4.69) is 30.7 Å². The first-order chi connectivity index (χ1) is 8.26. The van der Waals surface area contributed by atoms with Crippen molar-refractivity contribution in [3.05, 3.63) is 23.9 Å². The minimum absolute atomic E-state index is 0.663. The first-order valence-electron chi connectivity index (χ1n) is 6.41. The molecule has 1 heterocycles. The van der Waals surface area contributed by atoms with E-state index in [0.717, 1.165) is 38.0 Å². The van der Waals surface area contributed by atoms with Gasteiger partial charge in [0.25, 0.3) is 0 Å². The van der Waals surface area contributed by atoms with E-state index in [9.17, 15) is 4.79 Å². The number of carbonyl (C=O) groups is 1. The minimum Gasteiger partial charge on any atom is -0.356 e. The van der Waals surface area contributed by atoms with Gasteiger partial charge in [-0.15, -0.1) is 0 Å². The molecule has 3 nitrogen and oxygen atoms in total. The number of hydrogen-bond acceptors (Lipinski definition) is 3. The van der Waals surface area contributed by atoms with Crippen molar-refractivity contribution in [3.63, 3.8) is 0 Å². The molecule has 17 heavy (non-hydrogen) atoms. The van der Waals surface area contributed by atoms with Crippen molar-refractivity contribution in [3.8, 4) is 0 Å². The molecular formula is C14H22N2O. The van der Waals surface area contributed by atoms with Crippen LogP contribution in [0.2, 0.25) is 0 Å². The maximum atomic E-state index is 11.0. The van der Waals surface area contributed by atoms with Gasteiger partial charge in [0.15, 0.2) is 6.29 Å². The Morgan fingerprint density at radius 2 is 2.06 bits per heavy atom. The number of carbonyl (C=O) groups excluding carboxylic acids is 1. The summed E-state index contributed by atoms with van der Waals surface area (Å²) in [6, 6.07) is 3.63. The summed E-state index contributed by atoms with van der Waals surface area (Å²) in [4.78, 5) is 17.5. The van der Waals surface area contributed by atoms with Gasteiger partial charge in [0, 0.05) is 19.3 Å². The summed E-state index contributed by atoms with van der Waals surface area (Å²) in [6.45, 7) is 8.38. The Hall–Kier alpha value is -1.38. The highest BCUT2D eigenvalue weighted by Crippen LogP contribution is 2.19. The Labute approximate surface area is 104 Å². The van der Waals surface area contributed by atoms with Gasteiger partial charge in [-0.3, -0.25) is 4.79 Å². The van der Waals surface area contributed by atoms with E-state index in [0.29, 0.717) is 11.5 Å². The molecule has 0 unspecified atom stereocenters. The second-order valence-electron chi connectivity index (χ2n) is 4.26. The van der Waals surface area contributed by atoms with Gasteiger partial charge in [0.2, 0.25) is 0 Å². The van der Waals surface area contributed by atoms with Crippen molar-refractivity contribution < 1.29 is 4.79 Å². The molecule has 94 valence electrons. The summed E-state index contributed by atoms with van der Waals surface area (Å²) in [5.74, 6) is 1.48. The molecule has 0 spiro atoms. The number of anilines is 1. The second-order valence-corrected chi connectivity index (χ2v) is 4.26. The molecule has 0 N–H and O–H groups in total. The van der Waals surface area contributed by atoms with Gasteiger partial charge >= 0.3 is 0 Å². The van der Waals surface area contributed by atoms with E-state index >= 15 is 0 Å². The molecule has 0 saturated carbocycles. The van der Waals surface area contributed by atoms with Crippen LogP contribution in [-0.2, 0) is 0 Å². The first-order valence-corrected chi connectivity index (χ1v) is 6.41. The zero-order chi connectivity index (χ0) is 12.7. The van der Waals surface area contributed by atoms with Crippen LogP contribution in [0, 0.1) is 5.92 Å². The Kier molecular flexibility index (Phi) is 5.67. The summed E-state index contributed by atoms with van der Waals surface area (Å²) >= 11 is 0. The van der Waals surface area contributed by atoms with E-state index in [1.165, 1.54) is 0 Å². The monoisotopic (exact) mass is 234 g/mol. The first kappa shape index (κ1) is 13.7. The van der Waals surface area contributed by atoms with E-state index < -0.39 is 0 Å². The van der Waals surface area contributed by atoms with Gasteiger partial charge in [-0.25, -0.2) is 4.98 Å². The van der Waals surface area contributed by atoms with Crippen LogP contribution in [0.4, 0.5) is 5.82 Å². The average Bonchev–Trinajstić information content (AvgIpc) is 2.40. The lowest BCUT2D eigenvalue weighted by Gasteiger charge is -2.27. The predicted molar refractivity (Wildman–Crippen MR) is 71.6 cm³/mol. The zero-order valence-electron chi connectivity index (χ0n) is 11.0. The molecule has 0 fully saturated rings. The van der Waals surface area contributed by atoms with Crippen LogP contribution in [-0.4, -0.2) is 24.4 Å². The lowest BCUT2D eigenvalue weighted by atomic mass is 10.0. The Morgan fingerprint density at radius 3 is 2.59 bits per heavy atom. The van der Waals surface area contributed by atoms with Crippen LogP contribution in [0.3, 0.4) is 0 Å². The molecule has 1 rings (SSSR count). The van der Waals surface area contributed by atoms with Gasteiger partial charge in [-0.1, -0.05) is 26.7 Å². The number of hydrogen-bond donors (Lipinski definition) is 0. The van der Waals surface area contributed by atoms with Crippen LogP contribution in [0.15, 0.2) is 18.3 Å². The summed E-state index contributed by atoms with van der Waals surface area (Å²) in [7, 11) is 0. The van der Waals surface area contributed by atoms with Gasteiger partial charge in [-0.05, 0) is 25.0 Å². The van der Waals surface area contributed by atoms with Crippen LogP contribution < -0.4 is 4.90 Å². The van der Waals surface area contributed by atoms with Crippen LogP contribution in [0.1, 0.15) is 44.0 Å². The standard InChI is InChI=1S/C14H22N2O/c1-4-12(5-2)10-16(6-3)14-13(11-17)8-7-9-15-14/h7-9,11-12H,4-6,10H2,1-3H3. The van der Waals surface area contributed by atoms with Crippen molar-refractivity contribution >= 4 is 12.1 Å². The molecule has 0 aliphatic heterocycles. The molecule has 0 aromatic carbocycles. The maximum Gasteiger partial charge on any atom is 0.153 e. The third-order valence-corrected chi connectivity index (χ3v) is 3.26. The fourth-order valence-electron chi connectivity index (χ4n) is 1.99. The van der Waals surface area contributed by atoms with Crippen LogP contribution in [0.5, 0.6) is 0 Å². The lowest BCUT2D eigenvalue weighted by Crippen LogP contribution is -2.30. The van der Waals surface area contributed by atoms with E-state index in [1.807, 2.05) is 6.07 Å². The topological polar surface area (TPSA) is 33.2 Å². The normalized spacial score (nSPS) is 10.6. The smallest absolute Gasteiger partial charge is 0.153 e. The van der Waals surface area contributed by atoms with Crippen molar-refractivity contribution in [1.82, 2.24) is 4.98 Å². The van der Waals surface area contributed by atoms with Gasteiger partial charge in [-0.2, -0.15) is 0 Å². The van der Waals surface area contributed by atoms with Crippen molar-refractivity contribution in [2.45, 2.75) is 33.6 Å². The molecule has 3 heteroatoms. The summed E-state index contributed by atoms with van der Waals surface area (Å²) in [5, 5.41) is 0. The predicted octanol–water partition coefficient (Wildman–Crippen LogP) is 3.16. The molecule has 0 radical (unpaired) electrons. The number of aldehydes is 1. The second kappa shape index (κ2) is 7.05.